The van der Waals surface area contributed by atoms with E-state index in [0.29, 0.717) is 6.42 Å². The minimum atomic E-state index is -0.801. The van der Waals surface area contributed by atoms with Gasteiger partial charge >= 0.3 is 5.97 Å². The Morgan fingerprint density at radius 1 is 1.41 bits per heavy atom. The van der Waals surface area contributed by atoms with Gasteiger partial charge in [-0.25, -0.2) is 0 Å². The molecule has 3 rings (SSSR count). The molecule has 0 amide bonds. The number of hydrogen-bond acceptors (Lipinski definition) is 4. The summed E-state index contributed by atoms with van der Waals surface area (Å²) in [6, 6.07) is 10.4. The van der Waals surface area contributed by atoms with Crippen molar-refractivity contribution in [1.29, 1.82) is 0 Å². The molecule has 2 N–H and O–H groups in total. The Bertz CT molecular complexity index is 597. The van der Waals surface area contributed by atoms with Gasteiger partial charge in [0.25, 0.3) is 0 Å². The zero-order chi connectivity index (χ0) is 15.9. The summed E-state index contributed by atoms with van der Waals surface area (Å²) in [5.41, 5.74) is 1.78. The van der Waals surface area contributed by atoms with E-state index in [1.165, 1.54) is 5.56 Å². The van der Waals surface area contributed by atoms with E-state index in [4.69, 9.17) is 0 Å². The smallest absolute Gasteiger partial charge is 0.315 e. The Balaban J connectivity index is 1.95. The van der Waals surface area contributed by atoms with Gasteiger partial charge in [-0.05, 0) is 32.3 Å². The first kappa shape index (κ1) is 15.0. The molecule has 22 heavy (non-hydrogen) atoms. The van der Waals surface area contributed by atoms with Gasteiger partial charge in [-0.3, -0.25) is 15.1 Å². The molecule has 2 aliphatic rings. The molecule has 0 radical (unpaired) electrons. The van der Waals surface area contributed by atoms with Crippen molar-refractivity contribution in [3.05, 3.63) is 35.9 Å². The number of nitrogens with one attached hydrogen (secondary N) is 1. The van der Waals surface area contributed by atoms with Gasteiger partial charge in [-0.1, -0.05) is 37.3 Å². The molecule has 3 unspecified atom stereocenters. The summed E-state index contributed by atoms with van der Waals surface area (Å²) in [6.45, 7) is 6.24. The van der Waals surface area contributed by atoms with Gasteiger partial charge < -0.3 is 5.11 Å². The first-order chi connectivity index (χ1) is 10.4. The van der Waals surface area contributed by atoms with Crippen molar-refractivity contribution in [2.45, 2.75) is 51.4 Å². The lowest BCUT2D eigenvalue weighted by Crippen LogP contribution is -2.61. The molecule has 3 atom stereocenters. The monoisotopic (exact) mass is 301 g/mol. The van der Waals surface area contributed by atoms with Gasteiger partial charge in [0.2, 0.25) is 0 Å². The van der Waals surface area contributed by atoms with Gasteiger partial charge in [0, 0.05) is 6.04 Å². The Morgan fingerprint density at radius 3 is 2.68 bits per heavy atom. The van der Waals surface area contributed by atoms with Gasteiger partial charge in [0.1, 0.15) is 12.1 Å². The number of nitrogens with zero attached hydrogens (tertiary/aromatic N) is 2. The normalized spacial score (nSPS) is 29.9. The lowest BCUT2D eigenvalue weighted by atomic mass is 9.85. The molecule has 0 bridgehead atoms. The molecular weight excluding hydrogens is 278 g/mol. The Labute approximate surface area is 131 Å². The van der Waals surface area contributed by atoms with Crippen LogP contribution in [-0.4, -0.2) is 33.5 Å². The zero-order valence-corrected chi connectivity index (χ0v) is 13.3. The Kier molecular flexibility index (Phi) is 3.68. The average molecular weight is 301 g/mol. The number of carboxylic acid groups (broad SMARTS) is 1. The summed E-state index contributed by atoms with van der Waals surface area (Å²) in [5, 5.41) is 19.7. The summed E-state index contributed by atoms with van der Waals surface area (Å²) >= 11 is 0. The predicted molar refractivity (Wildman–Crippen MR) is 85.5 cm³/mol. The number of benzene rings is 1. The largest absolute Gasteiger partial charge is 0.481 e. The van der Waals surface area contributed by atoms with Crippen LogP contribution in [0.2, 0.25) is 0 Å². The Morgan fingerprint density at radius 2 is 2.09 bits per heavy atom. The number of fused-ring (bicyclic) bond motifs is 1. The fourth-order valence-electron chi connectivity index (χ4n) is 3.59. The summed E-state index contributed by atoms with van der Waals surface area (Å²) in [6.07, 6.45) is 1.28. The highest BCUT2D eigenvalue weighted by molar-refractivity contribution is 6.03. The Hall–Kier alpha value is -1.88. The fraction of sp³-hybridized carbons (Fsp3) is 0.529. The second-order valence-electron chi connectivity index (χ2n) is 6.70. The van der Waals surface area contributed by atoms with Gasteiger partial charge in [-0.15, -0.1) is 0 Å². The lowest BCUT2D eigenvalue weighted by Gasteiger charge is -2.48. The second-order valence-corrected chi connectivity index (χ2v) is 6.70. The molecule has 118 valence electrons. The van der Waals surface area contributed by atoms with Crippen LogP contribution in [0, 0.1) is 5.92 Å². The van der Waals surface area contributed by atoms with Crippen LogP contribution in [0.1, 0.15) is 45.2 Å². The first-order valence-electron chi connectivity index (χ1n) is 7.84. The number of carbonyl (C=O) groups is 1. The van der Waals surface area contributed by atoms with Crippen LogP contribution < -0.4 is 5.32 Å². The number of aliphatic carboxylic acids is 1. The molecule has 2 aliphatic heterocycles. The summed E-state index contributed by atoms with van der Waals surface area (Å²) in [7, 11) is 0. The van der Waals surface area contributed by atoms with E-state index >= 15 is 0 Å². The zero-order valence-electron chi connectivity index (χ0n) is 13.3. The van der Waals surface area contributed by atoms with Crippen LogP contribution >= 0.6 is 0 Å². The topological polar surface area (TPSA) is 64.9 Å². The highest BCUT2D eigenvalue weighted by Gasteiger charge is 2.50. The molecule has 0 saturated carbocycles. The van der Waals surface area contributed by atoms with Crippen molar-refractivity contribution < 1.29 is 9.90 Å². The van der Waals surface area contributed by atoms with Gasteiger partial charge in [0.15, 0.2) is 0 Å². The second kappa shape index (κ2) is 5.39. The van der Waals surface area contributed by atoms with Crippen LogP contribution in [0.4, 0.5) is 0 Å². The third kappa shape index (κ3) is 2.39. The SMILES string of the molecule is CCC1=NN2C(NC(c3ccccc3)CC2(C)C)C1C(=O)O. The van der Waals surface area contributed by atoms with Crippen molar-refractivity contribution >= 4 is 11.7 Å². The van der Waals surface area contributed by atoms with Crippen molar-refractivity contribution in [2.75, 3.05) is 0 Å². The quantitative estimate of drug-likeness (QED) is 0.900. The van der Waals surface area contributed by atoms with Crippen LogP contribution in [0.15, 0.2) is 35.4 Å². The van der Waals surface area contributed by atoms with Crippen molar-refractivity contribution in [3.63, 3.8) is 0 Å². The van der Waals surface area contributed by atoms with E-state index in [0.717, 1.165) is 12.1 Å². The molecule has 0 aliphatic carbocycles. The van der Waals surface area contributed by atoms with E-state index in [1.807, 2.05) is 30.1 Å². The maximum Gasteiger partial charge on any atom is 0.315 e. The van der Waals surface area contributed by atoms with E-state index in [1.54, 1.807) is 0 Å². The summed E-state index contributed by atoms with van der Waals surface area (Å²) in [5.74, 6) is -1.37. The predicted octanol–water partition coefficient (Wildman–Crippen LogP) is 2.61. The molecule has 1 fully saturated rings. The number of rotatable bonds is 3. The molecular formula is C17H23N3O2. The van der Waals surface area contributed by atoms with Gasteiger partial charge in [-0.2, -0.15) is 5.10 Å². The fourth-order valence-corrected chi connectivity index (χ4v) is 3.59. The molecule has 1 aromatic carbocycles. The maximum atomic E-state index is 11.7. The molecule has 0 aromatic heterocycles. The number of hydrazone groups is 1. The van der Waals surface area contributed by atoms with E-state index in [2.05, 4.69) is 36.4 Å². The highest BCUT2D eigenvalue weighted by atomic mass is 16.4. The van der Waals surface area contributed by atoms with E-state index < -0.39 is 11.9 Å². The molecule has 5 nitrogen and oxygen atoms in total. The lowest BCUT2D eigenvalue weighted by molar-refractivity contribution is -0.143. The molecule has 2 heterocycles. The summed E-state index contributed by atoms with van der Waals surface area (Å²) < 4.78 is 0. The van der Waals surface area contributed by atoms with Crippen molar-refractivity contribution in [3.8, 4) is 0 Å². The van der Waals surface area contributed by atoms with Crippen molar-refractivity contribution in [1.82, 2.24) is 10.3 Å². The minimum Gasteiger partial charge on any atom is -0.481 e. The van der Waals surface area contributed by atoms with Crippen molar-refractivity contribution in [2.24, 2.45) is 11.0 Å². The third-order valence-electron chi connectivity index (χ3n) is 4.70. The van der Waals surface area contributed by atoms with Gasteiger partial charge in [0.05, 0.1) is 11.3 Å². The molecule has 1 aromatic rings. The van der Waals surface area contributed by atoms with E-state index in [9.17, 15) is 9.90 Å². The average Bonchev–Trinajstić information content (AvgIpc) is 2.87. The minimum absolute atomic E-state index is 0.144. The number of hydrogen-bond donors (Lipinski definition) is 2. The third-order valence-corrected chi connectivity index (χ3v) is 4.70. The molecule has 5 heteroatoms. The van der Waals surface area contributed by atoms with E-state index in [-0.39, 0.29) is 17.7 Å². The van der Waals surface area contributed by atoms with Crippen LogP contribution in [0.25, 0.3) is 0 Å². The standard InChI is InChI=1S/C17H23N3O2/c1-4-12-14(16(21)22)15-18-13(11-8-6-5-7-9-11)10-17(2,3)20(15)19-12/h5-9,13-15,18H,4,10H2,1-3H3,(H,21,22). The highest BCUT2D eigenvalue weighted by Crippen LogP contribution is 2.40. The van der Waals surface area contributed by atoms with Crippen LogP contribution in [0.3, 0.4) is 0 Å². The maximum absolute atomic E-state index is 11.7. The molecule has 1 saturated heterocycles. The summed E-state index contributed by atoms with van der Waals surface area (Å²) in [4.78, 5) is 11.7. The first-order valence-corrected chi connectivity index (χ1v) is 7.84. The number of carboxylic acids is 1. The van der Waals surface area contributed by atoms with Crippen LogP contribution in [0.5, 0.6) is 0 Å². The molecule has 0 spiro atoms. The van der Waals surface area contributed by atoms with Crippen LogP contribution in [-0.2, 0) is 4.79 Å².